The van der Waals surface area contributed by atoms with E-state index in [1.807, 2.05) is 6.07 Å². The second-order valence-corrected chi connectivity index (χ2v) is 10.1. The monoisotopic (exact) mass is 722 g/mol. The van der Waals surface area contributed by atoms with Crippen molar-refractivity contribution in [1.29, 1.82) is 0 Å². The number of Topliss-reactive ketones (excluding diaryl/α,β-unsaturated/α-hetero) is 1. The van der Waals surface area contributed by atoms with Crippen LogP contribution in [0.2, 0.25) is 0 Å². The highest BCUT2D eigenvalue weighted by Crippen LogP contribution is 2.46. The van der Waals surface area contributed by atoms with E-state index in [0.717, 1.165) is 31.3 Å². The maximum Gasteiger partial charge on any atom is 0.162 e. The van der Waals surface area contributed by atoms with Crippen molar-refractivity contribution >= 4 is 96.1 Å². The molecular weight excluding hydrogens is 712 g/mol. The molecule has 0 radical (unpaired) electrons. The Hall–Kier alpha value is 1.41. The minimum absolute atomic E-state index is 0.0606. The Kier molecular flexibility index (Phi) is 4.99. The number of rotatable bonds is 0. The van der Waals surface area contributed by atoms with E-state index in [-0.39, 0.29) is 25.5 Å². The number of fused-ring (bicyclic) bond motifs is 2. The van der Waals surface area contributed by atoms with Crippen molar-refractivity contribution in [2.24, 2.45) is 5.92 Å². The van der Waals surface area contributed by atoms with Crippen molar-refractivity contribution in [3.8, 4) is 11.5 Å². The lowest BCUT2D eigenvalue weighted by molar-refractivity contribution is -0.122. The van der Waals surface area contributed by atoms with E-state index in [9.17, 15) is 9.90 Å². The van der Waals surface area contributed by atoms with E-state index in [1.165, 1.54) is 0 Å². The van der Waals surface area contributed by atoms with Gasteiger partial charge in [-0.2, -0.15) is 0 Å². The van der Waals surface area contributed by atoms with Gasteiger partial charge in [0.15, 0.2) is 5.78 Å². The van der Waals surface area contributed by atoms with Gasteiger partial charge in [0.05, 0.1) is 11.1 Å². The smallest absolute Gasteiger partial charge is 0.162 e. The Morgan fingerprint density at radius 1 is 1.30 bits per heavy atom. The van der Waals surface area contributed by atoms with E-state index >= 15 is 0 Å². The lowest BCUT2D eigenvalue weighted by Gasteiger charge is -2.41. The zero-order valence-corrected chi connectivity index (χ0v) is 18.7. The quantitative estimate of drug-likeness (QED) is 0.325. The fourth-order valence-electron chi connectivity index (χ4n) is 2.78. The van der Waals surface area contributed by atoms with Crippen LogP contribution in [0.5, 0.6) is 11.5 Å². The van der Waals surface area contributed by atoms with E-state index in [1.54, 1.807) is 0 Å². The molecule has 1 fully saturated rings. The molecule has 0 aromatic heterocycles. The van der Waals surface area contributed by atoms with Gasteiger partial charge in [-0.15, -0.1) is 0 Å². The zero-order valence-electron chi connectivity index (χ0n) is 10.1. The number of ether oxygens (including phenoxy) is 1. The van der Waals surface area contributed by atoms with Crippen molar-refractivity contribution in [3.63, 3.8) is 0 Å². The van der Waals surface area contributed by atoms with Crippen LogP contribution in [0.25, 0.3) is 0 Å². The van der Waals surface area contributed by atoms with Gasteiger partial charge >= 0.3 is 0 Å². The third kappa shape index (κ3) is 2.69. The molecule has 7 heteroatoms. The third-order valence-corrected chi connectivity index (χ3v) is 8.07. The summed E-state index contributed by atoms with van der Waals surface area (Å²) in [7, 11) is 0. The molecule has 1 aromatic rings. The first kappa shape index (κ1) is 16.3. The van der Waals surface area contributed by atoms with Gasteiger partial charge < -0.3 is 9.84 Å². The molecule has 20 heavy (non-hydrogen) atoms. The summed E-state index contributed by atoms with van der Waals surface area (Å²) >= 11 is 8.74. The number of aromatic hydroxyl groups is 1. The Morgan fingerprint density at radius 2 is 2.00 bits per heavy atom. The molecular formula is C13H10I4O3. The molecule has 3 rings (SSSR count). The van der Waals surface area contributed by atoms with Gasteiger partial charge in [-0.05, 0) is 69.7 Å². The standard InChI is InChI=1S/C13H10I4O3/c14-6-2-4-1-5-3-7(15)11(19)9(17)13(5)20-12(4)8(16)10(6)18/h2,5,7,9,13,18H,1,3H2. The van der Waals surface area contributed by atoms with Gasteiger partial charge in [-0.1, -0.05) is 45.2 Å². The molecule has 0 amide bonds. The number of benzene rings is 1. The van der Waals surface area contributed by atoms with E-state index in [2.05, 4.69) is 90.4 Å². The fraction of sp³-hybridized carbons (Fsp3) is 0.462. The number of ketones is 1. The molecule has 0 saturated heterocycles. The molecule has 1 aromatic carbocycles. The van der Waals surface area contributed by atoms with Crippen LogP contribution in [0.4, 0.5) is 0 Å². The number of phenolic OH excluding ortho intramolecular Hbond substituents is 1. The predicted octanol–water partition coefficient (Wildman–Crippen LogP) is 4.10. The highest BCUT2D eigenvalue weighted by atomic mass is 127. The molecule has 1 N–H and O–H groups in total. The Bertz CT molecular complexity index is 589. The van der Waals surface area contributed by atoms with Crippen LogP contribution in [0.1, 0.15) is 12.0 Å². The zero-order chi connectivity index (χ0) is 14.6. The fourth-order valence-corrected chi connectivity index (χ4v) is 7.61. The number of halogens is 4. The summed E-state index contributed by atoms with van der Waals surface area (Å²) in [5.41, 5.74) is 1.15. The number of carbonyl (C=O) groups is 1. The summed E-state index contributed by atoms with van der Waals surface area (Å²) in [6.07, 6.45) is 1.75. The van der Waals surface area contributed by atoms with Crippen molar-refractivity contribution < 1.29 is 14.6 Å². The van der Waals surface area contributed by atoms with Crippen molar-refractivity contribution in [2.75, 3.05) is 0 Å². The van der Waals surface area contributed by atoms with Crippen LogP contribution in [0.3, 0.4) is 0 Å². The minimum atomic E-state index is -0.0985. The third-order valence-electron chi connectivity index (χ3n) is 3.81. The maximum absolute atomic E-state index is 12.2. The molecule has 2 aliphatic rings. The largest absolute Gasteiger partial charge is 0.506 e. The van der Waals surface area contributed by atoms with Crippen LogP contribution in [0, 0.1) is 13.1 Å². The number of alkyl halides is 2. The molecule has 1 saturated carbocycles. The first-order chi connectivity index (χ1) is 9.40. The first-order valence-corrected chi connectivity index (χ1v) is 10.7. The highest BCUT2D eigenvalue weighted by Gasteiger charge is 2.46. The Balaban J connectivity index is 2.03. The summed E-state index contributed by atoms with van der Waals surface area (Å²) in [6.45, 7) is 0. The van der Waals surface area contributed by atoms with E-state index in [4.69, 9.17) is 4.74 Å². The van der Waals surface area contributed by atoms with Crippen molar-refractivity contribution in [2.45, 2.75) is 26.8 Å². The number of hydrogen-bond donors (Lipinski definition) is 1. The summed E-state index contributed by atoms with van der Waals surface area (Å²) < 4.78 is 7.74. The lowest BCUT2D eigenvalue weighted by atomic mass is 9.80. The topological polar surface area (TPSA) is 46.5 Å². The van der Waals surface area contributed by atoms with Crippen LogP contribution in [-0.4, -0.2) is 24.8 Å². The summed E-state index contributed by atoms with van der Waals surface area (Å²) in [4.78, 5) is 12.2. The Morgan fingerprint density at radius 3 is 2.70 bits per heavy atom. The molecule has 1 aliphatic heterocycles. The van der Waals surface area contributed by atoms with Gasteiger partial charge in [-0.25, -0.2) is 0 Å². The van der Waals surface area contributed by atoms with Crippen LogP contribution in [0.15, 0.2) is 6.07 Å². The van der Waals surface area contributed by atoms with Gasteiger partial charge in [0.2, 0.25) is 0 Å². The SMILES string of the molecule is O=C1C(I)CC2Cc3cc(I)c(O)c(I)c3OC2C1I. The predicted molar refractivity (Wildman–Crippen MR) is 110 cm³/mol. The summed E-state index contributed by atoms with van der Waals surface area (Å²) in [6, 6.07) is 2.00. The molecule has 0 spiro atoms. The van der Waals surface area contributed by atoms with E-state index in [0.29, 0.717) is 5.92 Å². The first-order valence-electron chi connectivity index (χ1n) is 6.08. The molecule has 1 aliphatic carbocycles. The molecule has 108 valence electrons. The molecule has 3 nitrogen and oxygen atoms in total. The van der Waals surface area contributed by atoms with Gasteiger partial charge in [0.25, 0.3) is 0 Å². The van der Waals surface area contributed by atoms with Crippen LogP contribution in [-0.2, 0) is 11.2 Å². The highest BCUT2D eigenvalue weighted by molar-refractivity contribution is 14.1. The number of carbonyl (C=O) groups excluding carboxylic acids is 1. The second-order valence-electron chi connectivity index (χ2n) is 5.06. The number of hydrogen-bond acceptors (Lipinski definition) is 3. The van der Waals surface area contributed by atoms with Crippen molar-refractivity contribution in [3.05, 3.63) is 18.8 Å². The average Bonchev–Trinajstić information content (AvgIpc) is 2.41. The van der Waals surface area contributed by atoms with Crippen LogP contribution < -0.4 is 4.74 Å². The van der Waals surface area contributed by atoms with Gasteiger partial charge in [0.1, 0.15) is 21.5 Å². The normalized spacial score (nSPS) is 32.3. The van der Waals surface area contributed by atoms with Crippen molar-refractivity contribution in [1.82, 2.24) is 0 Å². The molecule has 4 unspecified atom stereocenters. The molecule has 0 bridgehead atoms. The average molecular weight is 722 g/mol. The summed E-state index contributed by atoms with van der Waals surface area (Å²) in [5, 5.41) is 10.1. The second kappa shape index (κ2) is 6.13. The summed E-state index contributed by atoms with van der Waals surface area (Å²) in [5.74, 6) is 1.72. The van der Waals surface area contributed by atoms with Gasteiger partial charge in [-0.3, -0.25) is 4.79 Å². The molecule has 4 atom stereocenters. The lowest BCUT2D eigenvalue weighted by Crippen LogP contribution is -2.51. The van der Waals surface area contributed by atoms with Crippen LogP contribution >= 0.6 is 90.4 Å². The molecule has 1 heterocycles. The van der Waals surface area contributed by atoms with E-state index < -0.39 is 0 Å². The maximum atomic E-state index is 12.2. The minimum Gasteiger partial charge on any atom is -0.506 e. The Labute approximate surface area is 171 Å². The van der Waals surface area contributed by atoms with Gasteiger partial charge in [0, 0.05) is 5.92 Å². The number of phenols is 1.